The van der Waals surface area contributed by atoms with E-state index < -0.39 is 16.3 Å². The summed E-state index contributed by atoms with van der Waals surface area (Å²) in [5, 5.41) is 0.0673. The first-order chi connectivity index (χ1) is 8.92. The standard InChI is InChI=1S/C12H10Cl3FO3/c1-3-19-12(17)10(11(14)15)6-4-9(18-2)7(13)5-8(6)16/h4-5H,3H2,1-2H3. The molecule has 0 fully saturated rings. The lowest BCUT2D eigenvalue weighted by Gasteiger charge is -2.11. The van der Waals surface area contributed by atoms with Gasteiger partial charge in [0.25, 0.3) is 0 Å². The van der Waals surface area contributed by atoms with Crippen LogP contribution in [0.4, 0.5) is 4.39 Å². The zero-order valence-corrected chi connectivity index (χ0v) is 12.4. The maximum absolute atomic E-state index is 13.9. The van der Waals surface area contributed by atoms with Gasteiger partial charge in [0, 0.05) is 5.56 Å². The van der Waals surface area contributed by atoms with Crippen molar-refractivity contribution in [3.05, 3.63) is 33.0 Å². The summed E-state index contributed by atoms with van der Waals surface area (Å²) in [7, 11) is 1.36. The second kappa shape index (κ2) is 6.98. The molecule has 19 heavy (non-hydrogen) atoms. The molecular formula is C12H10Cl3FO3. The van der Waals surface area contributed by atoms with Crippen molar-refractivity contribution in [1.29, 1.82) is 0 Å². The van der Waals surface area contributed by atoms with Crippen molar-refractivity contribution in [3.8, 4) is 5.75 Å². The average Bonchev–Trinajstić information content (AvgIpc) is 2.32. The van der Waals surface area contributed by atoms with Crippen molar-refractivity contribution in [1.82, 2.24) is 0 Å². The van der Waals surface area contributed by atoms with Gasteiger partial charge in [-0.1, -0.05) is 34.8 Å². The Morgan fingerprint density at radius 1 is 1.37 bits per heavy atom. The van der Waals surface area contributed by atoms with Crippen molar-refractivity contribution >= 4 is 46.3 Å². The Morgan fingerprint density at radius 2 is 2.00 bits per heavy atom. The smallest absolute Gasteiger partial charge is 0.341 e. The normalized spacial score (nSPS) is 10.0. The third-order valence-corrected chi connectivity index (χ3v) is 2.85. The number of methoxy groups -OCH3 is 1. The van der Waals surface area contributed by atoms with E-state index in [1.807, 2.05) is 0 Å². The predicted molar refractivity (Wildman–Crippen MR) is 73.2 cm³/mol. The van der Waals surface area contributed by atoms with Crippen molar-refractivity contribution in [2.75, 3.05) is 13.7 Å². The number of benzene rings is 1. The van der Waals surface area contributed by atoms with Crippen LogP contribution in [0.25, 0.3) is 5.57 Å². The van der Waals surface area contributed by atoms with Gasteiger partial charge in [0.15, 0.2) is 0 Å². The van der Waals surface area contributed by atoms with Crippen molar-refractivity contribution in [2.24, 2.45) is 0 Å². The highest BCUT2D eigenvalue weighted by Gasteiger charge is 2.22. The molecule has 1 aromatic rings. The summed E-state index contributed by atoms with van der Waals surface area (Å²) in [5.74, 6) is -1.40. The molecule has 0 bridgehead atoms. The summed E-state index contributed by atoms with van der Waals surface area (Å²) >= 11 is 17.0. The van der Waals surface area contributed by atoms with E-state index in [0.29, 0.717) is 0 Å². The van der Waals surface area contributed by atoms with Crippen LogP contribution in [0.2, 0.25) is 5.02 Å². The molecule has 0 N–H and O–H groups in total. The average molecular weight is 328 g/mol. The Hall–Kier alpha value is -0.970. The molecule has 0 atom stereocenters. The molecule has 0 unspecified atom stereocenters. The molecule has 7 heteroatoms. The summed E-state index contributed by atoms with van der Waals surface area (Å²) in [6.45, 7) is 1.71. The highest BCUT2D eigenvalue weighted by Crippen LogP contribution is 2.34. The lowest BCUT2D eigenvalue weighted by molar-refractivity contribution is -0.136. The highest BCUT2D eigenvalue weighted by molar-refractivity contribution is 6.61. The van der Waals surface area contributed by atoms with Crippen LogP contribution in [-0.2, 0) is 9.53 Å². The maximum atomic E-state index is 13.9. The largest absolute Gasteiger partial charge is 0.495 e. The number of esters is 1. The zero-order chi connectivity index (χ0) is 14.6. The minimum Gasteiger partial charge on any atom is -0.495 e. The lowest BCUT2D eigenvalue weighted by Crippen LogP contribution is -2.09. The Balaban J connectivity index is 3.40. The van der Waals surface area contributed by atoms with E-state index in [-0.39, 0.29) is 28.5 Å². The Bertz CT molecular complexity index is 525. The van der Waals surface area contributed by atoms with Crippen LogP contribution in [0.15, 0.2) is 16.6 Å². The number of carbonyl (C=O) groups excluding carboxylic acids is 1. The third-order valence-electron chi connectivity index (χ3n) is 2.18. The molecule has 1 aromatic carbocycles. The van der Waals surface area contributed by atoms with Gasteiger partial charge in [0.05, 0.1) is 18.7 Å². The van der Waals surface area contributed by atoms with Gasteiger partial charge >= 0.3 is 5.97 Å². The van der Waals surface area contributed by atoms with Crippen LogP contribution in [0.5, 0.6) is 5.75 Å². The van der Waals surface area contributed by atoms with E-state index in [9.17, 15) is 9.18 Å². The van der Waals surface area contributed by atoms with Crippen LogP contribution in [0, 0.1) is 5.82 Å². The van der Waals surface area contributed by atoms with Gasteiger partial charge in [-0.2, -0.15) is 0 Å². The molecule has 0 radical (unpaired) electrons. The summed E-state index contributed by atoms with van der Waals surface area (Å²) in [5.41, 5.74) is -0.419. The summed E-state index contributed by atoms with van der Waals surface area (Å²) in [6.07, 6.45) is 0. The summed E-state index contributed by atoms with van der Waals surface area (Å²) in [4.78, 5) is 11.7. The minimum atomic E-state index is -0.828. The molecule has 0 aliphatic rings. The maximum Gasteiger partial charge on any atom is 0.341 e. The molecule has 0 aliphatic carbocycles. The van der Waals surface area contributed by atoms with Crippen LogP contribution in [-0.4, -0.2) is 19.7 Å². The van der Waals surface area contributed by atoms with E-state index in [1.54, 1.807) is 6.92 Å². The van der Waals surface area contributed by atoms with Crippen LogP contribution >= 0.6 is 34.8 Å². The van der Waals surface area contributed by atoms with Gasteiger partial charge in [0.2, 0.25) is 0 Å². The molecule has 104 valence electrons. The van der Waals surface area contributed by atoms with Gasteiger partial charge < -0.3 is 9.47 Å². The molecule has 3 nitrogen and oxygen atoms in total. The fraction of sp³-hybridized carbons (Fsp3) is 0.250. The lowest BCUT2D eigenvalue weighted by atomic mass is 10.1. The van der Waals surface area contributed by atoms with Gasteiger partial charge in [-0.3, -0.25) is 0 Å². The number of carbonyl (C=O) groups is 1. The van der Waals surface area contributed by atoms with E-state index in [4.69, 9.17) is 44.3 Å². The van der Waals surface area contributed by atoms with Gasteiger partial charge in [0.1, 0.15) is 21.6 Å². The molecule has 0 aromatic heterocycles. The highest BCUT2D eigenvalue weighted by atomic mass is 35.5. The van der Waals surface area contributed by atoms with Crippen molar-refractivity contribution in [2.45, 2.75) is 6.92 Å². The fourth-order valence-corrected chi connectivity index (χ4v) is 1.95. The predicted octanol–water partition coefficient (Wildman–Crippen LogP) is 4.20. The monoisotopic (exact) mass is 326 g/mol. The molecule has 1 rings (SSSR count). The molecule has 0 aliphatic heterocycles. The molecule has 0 saturated carbocycles. The Morgan fingerprint density at radius 3 is 2.47 bits per heavy atom. The number of halogens is 4. The van der Waals surface area contributed by atoms with E-state index in [1.165, 1.54) is 13.2 Å². The second-order valence-electron chi connectivity index (χ2n) is 3.32. The molecule has 0 saturated heterocycles. The molecule has 0 spiro atoms. The van der Waals surface area contributed by atoms with E-state index in [2.05, 4.69) is 0 Å². The minimum absolute atomic E-state index is 0.0673. The summed E-state index contributed by atoms with van der Waals surface area (Å²) in [6, 6.07) is 2.24. The number of ether oxygens (including phenoxy) is 2. The second-order valence-corrected chi connectivity index (χ2v) is 4.68. The number of rotatable bonds is 4. The van der Waals surface area contributed by atoms with Gasteiger partial charge in [-0.15, -0.1) is 0 Å². The SMILES string of the molecule is CCOC(=O)C(=C(Cl)Cl)c1cc(OC)c(Cl)cc1F. The zero-order valence-electron chi connectivity index (χ0n) is 10.1. The Labute approximate surface area is 124 Å². The van der Waals surface area contributed by atoms with Crippen LogP contribution < -0.4 is 4.74 Å². The topological polar surface area (TPSA) is 35.5 Å². The van der Waals surface area contributed by atoms with E-state index >= 15 is 0 Å². The number of hydrogen-bond acceptors (Lipinski definition) is 3. The van der Waals surface area contributed by atoms with Gasteiger partial charge in [-0.05, 0) is 19.1 Å². The molecular weight excluding hydrogens is 317 g/mol. The first kappa shape index (κ1) is 16.1. The molecule has 0 amide bonds. The molecule has 0 heterocycles. The third kappa shape index (κ3) is 3.75. The Kier molecular flexibility index (Phi) is 5.91. The number of hydrogen-bond donors (Lipinski definition) is 0. The first-order valence-electron chi connectivity index (χ1n) is 5.18. The van der Waals surface area contributed by atoms with Crippen LogP contribution in [0.1, 0.15) is 12.5 Å². The van der Waals surface area contributed by atoms with E-state index in [0.717, 1.165) is 6.07 Å². The first-order valence-corrected chi connectivity index (χ1v) is 6.31. The summed E-state index contributed by atoms with van der Waals surface area (Å²) < 4.78 is 23.2. The van der Waals surface area contributed by atoms with Crippen LogP contribution in [0.3, 0.4) is 0 Å². The quantitative estimate of drug-likeness (QED) is 0.614. The van der Waals surface area contributed by atoms with Crippen molar-refractivity contribution < 1.29 is 18.7 Å². The fourth-order valence-electron chi connectivity index (χ4n) is 1.37. The van der Waals surface area contributed by atoms with Crippen molar-refractivity contribution in [3.63, 3.8) is 0 Å². The van der Waals surface area contributed by atoms with Gasteiger partial charge in [-0.25, -0.2) is 9.18 Å².